The van der Waals surface area contributed by atoms with Crippen molar-refractivity contribution in [3.63, 3.8) is 0 Å². The molecular formula is C31H31F5N2O4. The molecule has 0 bridgehead atoms. The molecule has 1 saturated carbocycles. The second-order valence-corrected chi connectivity index (χ2v) is 10.4. The van der Waals surface area contributed by atoms with E-state index >= 15 is 0 Å². The first kappa shape index (κ1) is 29.6. The average Bonchev–Trinajstić information content (AvgIpc) is 3.69. The fraction of sp³-hybridized carbons (Fsp3) is 0.419. The van der Waals surface area contributed by atoms with Crippen LogP contribution in [0.3, 0.4) is 0 Å². The smallest absolute Gasteiger partial charge is 0.399 e. The van der Waals surface area contributed by atoms with Crippen LogP contribution in [-0.2, 0) is 0 Å². The van der Waals surface area contributed by atoms with Gasteiger partial charge in [0.15, 0.2) is 23.1 Å². The topological polar surface area (TPSA) is 69.7 Å². The van der Waals surface area contributed by atoms with Crippen LogP contribution in [0.25, 0.3) is 11.3 Å². The summed E-state index contributed by atoms with van der Waals surface area (Å²) < 4.78 is 86.4. The Kier molecular flexibility index (Phi) is 8.56. The summed E-state index contributed by atoms with van der Waals surface area (Å²) >= 11 is 0. The van der Waals surface area contributed by atoms with Crippen LogP contribution in [0.4, 0.5) is 22.0 Å². The Hall–Kier alpha value is -3.89. The highest BCUT2D eigenvalue weighted by molar-refractivity contribution is 5.95. The molecule has 0 spiro atoms. The van der Waals surface area contributed by atoms with E-state index in [9.17, 15) is 26.7 Å². The van der Waals surface area contributed by atoms with Crippen LogP contribution in [0.2, 0.25) is 0 Å². The van der Waals surface area contributed by atoms with E-state index in [-0.39, 0.29) is 40.9 Å². The second-order valence-electron chi connectivity index (χ2n) is 10.4. The third-order valence-corrected chi connectivity index (χ3v) is 7.40. The molecule has 2 unspecified atom stereocenters. The van der Waals surface area contributed by atoms with Crippen molar-refractivity contribution < 1.29 is 41.0 Å². The van der Waals surface area contributed by atoms with Gasteiger partial charge >= 0.3 is 6.18 Å². The van der Waals surface area contributed by atoms with Gasteiger partial charge in [0.05, 0.1) is 13.2 Å². The number of amides is 1. The molecule has 1 aliphatic carbocycles. The number of hydrogen-bond donors (Lipinski definition) is 1. The van der Waals surface area contributed by atoms with Crippen molar-refractivity contribution in [1.29, 1.82) is 0 Å². The van der Waals surface area contributed by atoms with Crippen molar-refractivity contribution in [2.24, 2.45) is 5.92 Å². The highest BCUT2D eigenvalue weighted by atomic mass is 19.4. The minimum atomic E-state index is -4.58. The SMILES string of the molecule is CCCOc1ccc(C(=O)NCC(c2cc3c(c(-c4ccc(F)c(F)c4)n2)OCC3C(F)(F)F)C2CC2)cc1OCC. The van der Waals surface area contributed by atoms with Gasteiger partial charge in [0.25, 0.3) is 5.91 Å². The molecule has 0 radical (unpaired) electrons. The molecule has 1 amide bonds. The third-order valence-electron chi connectivity index (χ3n) is 7.40. The van der Waals surface area contributed by atoms with E-state index in [1.807, 2.05) is 13.8 Å². The Labute approximate surface area is 240 Å². The Balaban J connectivity index is 1.45. The quantitative estimate of drug-likeness (QED) is 0.240. The number of alkyl halides is 3. The third kappa shape index (κ3) is 6.29. The summed E-state index contributed by atoms with van der Waals surface area (Å²) in [5.41, 5.74) is 0.672. The minimum absolute atomic E-state index is 0.00847. The monoisotopic (exact) mass is 590 g/mol. The number of pyridine rings is 1. The van der Waals surface area contributed by atoms with Crippen LogP contribution in [-0.4, -0.2) is 43.4 Å². The zero-order valence-electron chi connectivity index (χ0n) is 23.2. The van der Waals surface area contributed by atoms with Gasteiger partial charge in [-0.15, -0.1) is 0 Å². The Bertz CT molecular complexity index is 1460. The molecule has 1 aliphatic heterocycles. The van der Waals surface area contributed by atoms with Gasteiger partial charge in [0, 0.05) is 34.8 Å². The lowest BCUT2D eigenvalue weighted by Crippen LogP contribution is -2.30. The number of halogens is 5. The predicted octanol–water partition coefficient (Wildman–Crippen LogP) is 7.18. The number of nitrogens with one attached hydrogen (secondary N) is 1. The molecule has 1 N–H and O–H groups in total. The van der Waals surface area contributed by atoms with E-state index in [0.717, 1.165) is 31.4 Å². The summed E-state index contributed by atoms with van der Waals surface area (Å²) in [6.07, 6.45) is -2.14. The normalized spacial score (nSPS) is 16.9. The van der Waals surface area contributed by atoms with E-state index in [0.29, 0.717) is 36.0 Å². The molecule has 224 valence electrons. The number of fused-ring (bicyclic) bond motifs is 1. The summed E-state index contributed by atoms with van der Waals surface area (Å²) in [5, 5.41) is 2.90. The zero-order valence-corrected chi connectivity index (χ0v) is 23.2. The van der Waals surface area contributed by atoms with E-state index < -0.39 is 36.3 Å². The summed E-state index contributed by atoms with van der Waals surface area (Å²) in [4.78, 5) is 17.8. The first-order valence-electron chi connectivity index (χ1n) is 14.0. The maximum atomic E-state index is 14.1. The highest BCUT2D eigenvalue weighted by Gasteiger charge is 2.47. The highest BCUT2D eigenvalue weighted by Crippen LogP contribution is 2.50. The molecule has 11 heteroatoms. The van der Waals surface area contributed by atoms with Crippen LogP contribution in [0.5, 0.6) is 17.2 Å². The van der Waals surface area contributed by atoms with Gasteiger partial charge in [-0.2, -0.15) is 13.2 Å². The molecule has 6 nitrogen and oxygen atoms in total. The van der Waals surface area contributed by atoms with Crippen molar-refractivity contribution in [3.05, 3.63) is 70.9 Å². The predicted molar refractivity (Wildman–Crippen MR) is 145 cm³/mol. The maximum absolute atomic E-state index is 14.1. The molecule has 2 aliphatic rings. The van der Waals surface area contributed by atoms with Crippen LogP contribution in [0, 0.1) is 17.6 Å². The molecular weight excluding hydrogens is 559 g/mol. The van der Waals surface area contributed by atoms with Crippen LogP contribution in [0.1, 0.15) is 66.6 Å². The van der Waals surface area contributed by atoms with Gasteiger partial charge in [-0.25, -0.2) is 13.8 Å². The van der Waals surface area contributed by atoms with Gasteiger partial charge in [-0.1, -0.05) is 6.92 Å². The van der Waals surface area contributed by atoms with E-state index in [4.69, 9.17) is 14.2 Å². The summed E-state index contributed by atoms with van der Waals surface area (Å²) in [5.74, 6) is -3.97. The molecule has 42 heavy (non-hydrogen) atoms. The lowest BCUT2D eigenvalue weighted by atomic mass is 9.92. The van der Waals surface area contributed by atoms with E-state index in [1.165, 1.54) is 12.1 Å². The number of carbonyl (C=O) groups is 1. The standard InChI is InChI=1S/C31H31F5N2O4/c1-3-11-41-26-10-8-19(13-27(26)40-4-2)30(39)37-15-21(17-5-6-17)25-14-20-22(31(34,35)36)16-42-29(20)28(38-25)18-7-9-23(32)24(33)12-18/h7-10,12-14,17,21-22H,3-6,11,15-16H2,1-2H3,(H,37,39). The molecule has 2 atom stereocenters. The number of carbonyl (C=O) groups excluding carboxylic acids is 1. The molecule has 0 saturated heterocycles. The van der Waals surface area contributed by atoms with Crippen molar-refractivity contribution in [1.82, 2.24) is 10.3 Å². The number of nitrogens with zero attached hydrogens (tertiary/aromatic N) is 1. The van der Waals surface area contributed by atoms with Gasteiger partial charge in [-0.05, 0) is 74.6 Å². The van der Waals surface area contributed by atoms with Crippen LogP contribution in [0.15, 0.2) is 42.5 Å². The number of ether oxygens (including phenoxy) is 3. The fourth-order valence-corrected chi connectivity index (χ4v) is 5.11. The number of hydrogen-bond acceptors (Lipinski definition) is 5. The molecule has 1 fully saturated rings. The Morgan fingerprint density at radius 3 is 2.50 bits per heavy atom. The van der Waals surface area contributed by atoms with Gasteiger partial charge in [0.1, 0.15) is 24.0 Å². The zero-order chi connectivity index (χ0) is 30.0. The first-order valence-corrected chi connectivity index (χ1v) is 14.0. The maximum Gasteiger partial charge on any atom is 0.399 e. The summed E-state index contributed by atoms with van der Waals surface area (Å²) in [7, 11) is 0. The van der Waals surface area contributed by atoms with Gasteiger partial charge < -0.3 is 19.5 Å². The number of rotatable bonds is 11. The van der Waals surface area contributed by atoms with E-state index in [1.54, 1.807) is 18.2 Å². The second kappa shape index (κ2) is 12.1. The Morgan fingerprint density at radius 1 is 1.05 bits per heavy atom. The van der Waals surface area contributed by atoms with Gasteiger partial charge in [0.2, 0.25) is 0 Å². The van der Waals surface area contributed by atoms with Crippen molar-refractivity contribution >= 4 is 5.91 Å². The van der Waals surface area contributed by atoms with Crippen molar-refractivity contribution in [2.45, 2.75) is 51.1 Å². The van der Waals surface area contributed by atoms with Gasteiger partial charge in [-0.3, -0.25) is 4.79 Å². The van der Waals surface area contributed by atoms with Crippen LogP contribution >= 0.6 is 0 Å². The first-order chi connectivity index (χ1) is 20.1. The molecule has 2 aromatic carbocycles. The fourth-order valence-electron chi connectivity index (χ4n) is 5.11. The lowest BCUT2D eigenvalue weighted by molar-refractivity contribution is -0.151. The largest absolute Gasteiger partial charge is 0.490 e. The van der Waals surface area contributed by atoms with Crippen LogP contribution < -0.4 is 19.5 Å². The molecule has 3 aromatic rings. The summed E-state index contributed by atoms with van der Waals surface area (Å²) in [6.45, 7) is 4.15. The lowest BCUT2D eigenvalue weighted by Gasteiger charge is -2.21. The van der Waals surface area contributed by atoms with Crippen molar-refractivity contribution in [2.75, 3.05) is 26.4 Å². The molecule has 2 heterocycles. The summed E-state index contributed by atoms with van der Waals surface area (Å²) in [6, 6.07) is 9.31. The molecule has 1 aromatic heterocycles. The molecule has 5 rings (SSSR count). The van der Waals surface area contributed by atoms with Crippen molar-refractivity contribution in [3.8, 4) is 28.5 Å². The average molecular weight is 591 g/mol. The number of aromatic nitrogens is 1. The minimum Gasteiger partial charge on any atom is -0.490 e. The Morgan fingerprint density at radius 2 is 1.83 bits per heavy atom. The number of benzene rings is 2. The van der Waals surface area contributed by atoms with E-state index in [2.05, 4.69) is 10.3 Å².